The number of benzene rings is 1. The third-order valence-electron chi connectivity index (χ3n) is 3.03. The van der Waals surface area contributed by atoms with Crippen LogP contribution in [0.5, 0.6) is 0 Å². The summed E-state index contributed by atoms with van der Waals surface area (Å²) in [5.74, 6) is -0.271. The van der Waals surface area contributed by atoms with E-state index in [1.807, 2.05) is 0 Å². The van der Waals surface area contributed by atoms with Crippen LogP contribution in [0.15, 0.2) is 24.3 Å². The lowest BCUT2D eigenvalue weighted by Gasteiger charge is -2.17. The first-order valence-corrected chi connectivity index (χ1v) is 8.03. The maximum absolute atomic E-state index is 12.2. The third-order valence-corrected chi connectivity index (χ3v) is 4.67. The molecule has 7 heteroatoms. The fourth-order valence-corrected chi connectivity index (χ4v) is 2.99. The van der Waals surface area contributed by atoms with Gasteiger partial charge in [-0.15, -0.1) is 0 Å². The van der Waals surface area contributed by atoms with Crippen LogP contribution in [0.3, 0.4) is 0 Å². The highest BCUT2D eigenvalue weighted by Gasteiger charge is 2.34. The molecular formula is C12H15ClN2O3S. The molecule has 1 saturated heterocycles. The molecule has 19 heavy (non-hydrogen) atoms. The number of amides is 1. The Morgan fingerprint density at radius 1 is 1.47 bits per heavy atom. The number of nitrogens with zero attached hydrogens (tertiary/aromatic N) is 1. The largest absolute Gasteiger partial charge is 0.311 e. The fraction of sp³-hybridized carbons (Fsp3) is 0.417. The van der Waals surface area contributed by atoms with E-state index in [2.05, 4.69) is 4.72 Å². The predicted octanol–water partition coefficient (Wildman–Crippen LogP) is 1.38. The summed E-state index contributed by atoms with van der Waals surface area (Å²) in [6, 6.07) is 6.28. The highest BCUT2D eigenvalue weighted by Crippen LogP contribution is 2.24. The molecule has 5 nitrogen and oxygen atoms in total. The number of carbonyl (C=O) groups is 1. The SMILES string of the molecule is CCS(=O)(=O)NC1CCN(c2cccc(Cl)c2)C1=O. The number of nitrogens with one attached hydrogen (secondary N) is 1. The average molecular weight is 303 g/mol. The van der Waals surface area contributed by atoms with Crippen molar-refractivity contribution >= 4 is 33.2 Å². The monoisotopic (exact) mass is 302 g/mol. The molecule has 104 valence electrons. The van der Waals surface area contributed by atoms with Crippen LogP contribution < -0.4 is 9.62 Å². The summed E-state index contributed by atoms with van der Waals surface area (Å²) in [7, 11) is -3.37. The Kier molecular flexibility index (Phi) is 4.13. The predicted molar refractivity (Wildman–Crippen MR) is 74.8 cm³/mol. The maximum atomic E-state index is 12.2. The summed E-state index contributed by atoms with van der Waals surface area (Å²) >= 11 is 5.89. The second-order valence-corrected chi connectivity index (χ2v) is 6.81. The lowest BCUT2D eigenvalue weighted by molar-refractivity contribution is -0.118. The summed E-state index contributed by atoms with van der Waals surface area (Å²) in [6.45, 7) is 2.02. The lowest BCUT2D eigenvalue weighted by atomic mass is 10.3. The number of hydrogen-bond donors (Lipinski definition) is 1. The van der Waals surface area contributed by atoms with Crippen LogP contribution in [0.4, 0.5) is 5.69 Å². The molecule has 0 saturated carbocycles. The first-order valence-electron chi connectivity index (χ1n) is 6.00. The van der Waals surface area contributed by atoms with Crippen molar-refractivity contribution in [3.8, 4) is 0 Å². The minimum atomic E-state index is -3.37. The lowest BCUT2D eigenvalue weighted by Crippen LogP contribution is -2.42. The molecule has 0 bridgehead atoms. The Morgan fingerprint density at radius 3 is 2.84 bits per heavy atom. The van der Waals surface area contributed by atoms with Crippen LogP contribution in [-0.4, -0.2) is 32.7 Å². The van der Waals surface area contributed by atoms with Gasteiger partial charge in [0.1, 0.15) is 6.04 Å². The van der Waals surface area contributed by atoms with Gasteiger partial charge in [0.15, 0.2) is 0 Å². The number of rotatable bonds is 4. The molecule has 1 amide bonds. The Balaban J connectivity index is 2.14. The van der Waals surface area contributed by atoms with E-state index in [0.717, 1.165) is 0 Å². The molecule has 1 unspecified atom stereocenters. The van der Waals surface area contributed by atoms with Crippen molar-refractivity contribution in [1.29, 1.82) is 0 Å². The summed E-state index contributed by atoms with van der Waals surface area (Å²) in [5, 5.41) is 0.544. The van der Waals surface area contributed by atoms with Gasteiger partial charge in [-0.2, -0.15) is 0 Å². The van der Waals surface area contributed by atoms with Crippen molar-refractivity contribution < 1.29 is 13.2 Å². The van der Waals surface area contributed by atoms with Crippen molar-refractivity contribution in [2.75, 3.05) is 17.2 Å². The highest BCUT2D eigenvalue weighted by atomic mass is 35.5. The van der Waals surface area contributed by atoms with Crippen LogP contribution in [0.25, 0.3) is 0 Å². The Hall–Kier alpha value is -1.11. The van der Waals surface area contributed by atoms with Crippen molar-refractivity contribution in [3.05, 3.63) is 29.3 Å². The van der Waals surface area contributed by atoms with Gasteiger partial charge >= 0.3 is 0 Å². The van der Waals surface area contributed by atoms with Gasteiger partial charge < -0.3 is 4.90 Å². The molecule has 0 radical (unpaired) electrons. The van der Waals surface area contributed by atoms with Gasteiger partial charge in [0.05, 0.1) is 5.75 Å². The van der Waals surface area contributed by atoms with E-state index in [1.165, 1.54) is 6.92 Å². The molecule has 1 aromatic carbocycles. The van der Waals surface area contributed by atoms with Gasteiger partial charge in [-0.05, 0) is 31.5 Å². The second-order valence-electron chi connectivity index (χ2n) is 4.33. The van der Waals surface area contributed by atoms with Gasteiger partial charge in [-0.3, -0.25) is 4.79 Å². The summed E-state index contributed by atoms with van der Waals surface area (Å²) in [5.41, 5.74) is 0.690. The van der Waals surface area contributed by atoms with Gasteiger partial charge in [0.2, 0.25) is 15.9 Å². The summed E-state index contributed by atoms with van der Waals surface area (Å²) in [4.78, 5) is 13.7. The minimum absolute atomic E-state index is 0.0338. The number of anilines is 1. The topological polar surface area (TPSA) is 66.5 Å². The van der Waals surface area contributed by atoms with Gasteiger partial charge in [-0.25, -0.2) is 13.1 Å². The van der Waals surface area contributed by atoms with E-state index in [9.17, 15) is 13.2 Å². The van der Waals surface area contributed by atoms with Gasteiger partial charge in [-0.1, -0.05) is 17.7 Å². The van der Waals surface area contributed by atoms with E-state index in [4.69, 9.17) is 11.6 Å². The van der Waals surface area contributed by atoms with Gasteiger partial charge in [0.25, 0.3) is 0 Å². The molecule has 1 aliphatic heterocycles. The van der Waals surface area contributed by atoms with Crippen LogP contribution in [0, 0.1) is 0 Å². The first kappa shape index (κ1) is 14.3. The van der Waals surface area contributed by atoms with Crippen LogP contribution >= 0.6 is 11.6 Å². The number of hydrogen-bond acceptors (Lipinski definition) is 3. The van der Waals surface area contributed by atoms with Crippen LogP contribution in [-0.2, 0) is 14.8 Å². The summed E-state index contributed by atoms with van der Waals surface area (Å²) < 4.78 is 25.4. The van der Waals surface area contributed by atoms with Crippen molar-refractivity contribution in [2.24, 2.45) is 0 Å². The van der Waals surface area contributed by atoms with Gasteiger partial charge in [0, 0.05) is 17.3 Å². The average Bonchev–Trinajstić information content (AvgIpc) is 2.71. The molecule has 1 aromatic rings. The molecule has 0 aliphatic carbocycles. The zero-order valence-electron chi connectivity index (χ0n) is 10.5. The Morgan fingerprint density at radius 2 is 2.21 bits per heavy atom. The zero-order valence-corrected chi connectivity index (χ0v) is 12.0. The number of sulfonamides is 1. The minimum Gasteiger partial charge on any atom is -0.311 e. The zero-order chi connectivity index (χ0) is 14.0. The molecular weight excluding hydrogens is 288 g/mol. The number of carbonyl (C=O) groups excluding carboxylic acids is 1. The molecule has 1 heterocycles. The number of halogens is 1. The Labute approximate surface area is 117 Å². The molecule has 1 N–H and O–H groups in total. The smallest absolute Gasteiger partial charge is 0.245 e. The molecule has 1 fully saturated rings. The molecule has 0 aromatic heterocycles. The molecule has 1 atom stereocenters. The van der Waals surface area contributed by atoms with Crippen LogP contribution in [0.1, 0.15) is 13.3 Å². The second kappa shape index (κ2) is 5.48. The molecule has 2 rings (SSSR count). The quantitative estimate of drug-likeness (QED) is 0.914. The standard InChI is InChI=1S/C12H15ClN2O3S/c1-2-19(17,18)14-11-6-7-15(12(11)16)10-5-3-4-9(13)8-10/h3-5,8,11,14H,2,6-7H2,1H3. The van der Waals surface area contributed by atoms with Crippen LogP contribution in [0.2, 0.25) is 5.02 Å². The Bertz CT molecular complexity index is 588. The highest BCUT2D eigenvalue weighted by molar-refractivity contribution is 7.89. The van der Waals surface area contributed by atoms with Crippen molar-refractivity contribution in [3.63, 3.8) is 0 Å². The summed E-state index contributed by atoms with van der Waals surface area (Å²) in [6.07, 6.45) is 0.463. The fourth-order valence-electron chi connectivity index (χ4n) is 1.99. The normalized spacial score (nSPS) is 20.0. The van der Waals surface area contributed by atoms with E-state index < -0.39 is 16.1 Å². The first-order chi connectivity index (χ1) is 8.93. The molecule has 1 aliphatic rings. The van der Waals surface area contributed by atoms with E-state index in [0.29, 0.717) is 23.7 Å². The third kappa shape index (κ3) is 3.26. The van der Waals surface area contributed by atoms with E-state index in [1.54, 1.807) is 29.2 Å². The van der Waals surface area contributed by atoms with Crippen molar-refractivity contribution in [1.82, 2.24) is 4.72 Å². The van der Waals surface area contributed by atoms with Crippen molar-refractivity contribution in [2.45, 2.75) is 19.4 Å². The molecule has 0 spiro atoms. The maximum Gasteiger partial charge on any atom is 0.245 e. The van der Waals surface area contributed by atoms with E-state index in [-0.39, 0.29) is 11.7 Å². The van der Waals surface area contributed by atoms with E-state index >= 15 is 0 Å².